The maximum atomic E-state index is 6.14. The summed E-state index contributed by atoms with van der Waals surface area (Å²) in [6.07, 6.45) is 0. The van der Waals surface area contributed by atoms with Gasteiger partial charge in [0.2, 0.25) is 11.7 Å². The second-order valence-electron chi connectivity index (χ2n) is 3.58. The molecule has 1 aromatic heterocycles. The van der Waals surface area contributed by atoms with Gasteiger partial charge in [0.25, 0.3) is 0 Å². The van der Waals surface area contributed by atoms with Crippen LogP contribution < -0.4 is 5.73 Å². The topological polar surface area (TPSA) is 64.9 Å². The first-order valence-electron chi connectivity index (χ1n) is 4.92. The fraction of sp³-hybridized carbons (Fsp3) is 0.273. The Morgan fingerprint density at radius 2 is 2.12 bits per heavy atom. The highest BCUT2D eigenvalue weighted by atomic mass is 35.5. The van der Waals surface area contributed by atoms with Crippen LogP contribution in [0.1, 0.15) is 17.0 Å². The summed E-state index contributed by atoms with van der Waals surface area (Å²) >= 11 is 6.14. The molecule has 0 fully saturated rings. The van der Waals surface area contributed by atoms with E-state index in [4.69, 9.17) is 21.9 Å². The number of hydrogen-bond acceptors (Lipinski definition) is 4. The average Bonchev–Trinajstić information content (AvgIpc) is 2.73. The van der Waals surface area contributed by atoms with Crippen molar-refractivity contribution in [3.05, 3.63) is 34.2 Å². The summed E-state index contributed by atoms with van der Waals surface area (Å²) in [5.74, 6) is 0.902. The molecule has 16 heavy (non-hydrogen) atoms. The zero-order chi connectivity index (χ0) is 11.7. The lowest BCUT2D eigenvalue weighted by Crippen LogP contribution is -1.96. The molecule has 2 N–H and O–H groups in total. The van der Waals surface area contributed by atoms with Crippen LogP contribution in [0.25, 0.3) is 11.4 Å². The predicted molar refractivity (Wildman–Crippen MR) is 62.1 cm³/mol. The van der Waals surface area contributed by atoms with E-state index in [-0.39, 0.29) is 6.54 Å². The Bertz CT molecular complexity index is 522. The Labute approximate surface area is 98.4 Å². The van der Waals surface area contributed by atoms with E-state index in [2.05, 4.69) is 10.1 Å². The lowest BCUT2D eigenvalue weighted by Gasteiger charge is -2.06. The van der Waals surface area contributed by atoms with Crippen LogP contribution >= 0.6 is 11.6 Å². The standard InChI is InChI=1S/C11H12ClN3O/c1-6-3-4-8(12)10(7(6)2)11-14-9(5-13)16-15-11/h3-4H,5,13H2,1-2H3. The monoisotopic (exact) mass is 237 g/mol. The molecule has 0 aliphatic rings. The first-order valence-corrected chi connectivity index (χ1v) is 5.30. The first-order chi connectivity index (χ1) is 7.63. The third-order valence-corrected chi connectivity index (χ3v) is 2.87. The van der Waals surface area contributed by atoms with Gasteiger partial charge in [-0.3, -0.25) is 0 Å². The van der Waals surface area contributed by atoms with Crippen molar-refractivity contribution < 1.29 is 4.52 Å². The van der Waals surface area contributed by atoms with Gasteiger partial charge < -0.3 is 10.3 Å². The van der Waals surface area contributed by atoms with Crippen LogP contribution in [0.15, 0.2) is 16.7 Å². The highest BCUT2D eigenvalue weighted by Gasteiger charge is 2.14. The molecule has 0 unspecified atom stereocenters. The molecular formula is C11H12ClN3O. The molecule has 4 nitrogen and oxygen atoms in total. The van der Waals surface area contributed by atoms with Gasteiger partial charge >= 0.3 is 0 Å². The molecule has 0 saturated carbocycles. The lowest BCUT2D eigenvalue weighted by atomic mass is 10.0. The molecule has 2 aromatic rings. The highest BCUT2D eigenvalue weighted by Crippen LogP contribution is 2.30. The molecule has 0 aliphatic carbocycles. The zero-order valence-corrected chi connectivity index (χ0v) is 9.88. The Kier molecular flexibility index (Phi) is 2.94. The van der Waals surface area contributed by atoms with E-state index in [1.54, 1.807) is 0 Å². The number of benzene rings is 1. The Hall–Kier alpha value is -1.39. The summed E-state index contributed by atoms with van der Waals surface area (Å²) < 4.78 is 4.97. The molecule has 0 aliphatic heterocycles. The smallest absolute Gasteiger partial charge is 0.240 e. The number of halogens is 1. The molecule has 0 amide bonds. The Morgan fingerprint density at radius 3 is 2.75 bits per heavy atom. The highest BCUT2D eigenvalue weighted by molar-refractivity contribution is 6.33. The van der Waals surface area contributed by atoms with Crippen molar-refractivity contribution in [2.75, 3.05) is 0 Å². The van der Waals surface area contributed by atoms with Crippen molar-refractivity contribution in [2.24, 2.45) is 5.73 Å². The molecule has 0 radical (unpaired) electrons. The molecule has 0 saturated heterocycles. The minimum atomic E-state index is 0.232. The largest absolute Gasteiger partial charge is 0.338 e. The minimum absolute atomic E-state index is 0.232. The van der Waals surface area contributed by atoms with Gasteiger partial charge in [0, 0.05) is 5.56 Å². The molecule has 1 heterocycles. The van der Waals surface area contributed by atoms with Gasteiger partial charge in [0.15, 0.2) is 0 Å². The average molecular weight is 238 g/mol. The maximum absolute atomic E-state index is 6.14. The lowest BCUT2D eigenvalue weighted by molar-refractivity contribution is 0.380. The van der Waals surface area contributed by atoms with E-state index in [1.807, 2.05) is 26.0 Å². The normalized spacial score (nSPS) is 10.8. The van der Waals surface area contributed by atoms with Gasteiger partial charge in [0.1, 0.15) is 0 Å². The summed E-state index contributed by atoms with van der Waals surface area (Å²) in [5, 5.41) is 4.49. The van der Waals surface area contributed by atoms with Gasteiger partial charge in [-0.25, -0.2) is 0 Å². The zero-order valence-electron chi connectivity index (χ0n) is 9.12. The van der Waals surface area contributed by atoms with E-state index in [0.29, 0.717) is 16.7 Å². The van der Waals surface area contributed by atoms with Crippen molar-refractivity contribution in [3.8, 4) is 11.4 Å². The number of rotatable bonds is 2. The number of nitrogens with two attached hydrogens (primary N) is 1. The molecule has 0 atom stereocenters. The summed E-state index contributed by atoms with van der Waals surface area (Å²) in [5.41, 5.74) is 8.42. The summed E-state index contributed by atoms with van der Waals surface area (Å²) in [4.78, 5) is 4.17. The molecule has 84 valence electrons. The van der Waals surface area contributed by atoms with Crippen molar-refractivity contribution in [1.82, 2.24) is 10.1 Å². The van der Waals surface area contributed by atoms with Crippen molar-refractivity contribution in [3.63, 3.8) is 0 Å². The molecule has 2 rings (SSSR count). The summed E-state index contributed by atoms with van der Waals surface area (Å²) in [7, 11) is 0. The number of hydrogen-bond donors (Lipinski definition) is 1. The van der Waals surface area contributed by atoms with Gasteiger partial charge in [-0.2, -0.15) is 4.98 Å². The first kappa shape index (κ1) is 11.1. The second kappa shape index (κ2) is 4.23. The van der Waals surface area contributed by atoms with E-state index in [9.17, 15) is 0 Å². The van der Waals surface area contributed by atoms with Gasteiger partial charge in [-0.1, -0.05) is 22.8 Å². The maximum Gasteiger partial charge on any atom is 0.240 e. The van der Waals surface area contributed by atoms with Crippen molar-refractivity contribution in [2.45, 2.75) is 20.4 Å². The molecule has 0 spiro atoms. The van der Waals surface area contributed by atoms with Crippen LogP contribution in [-0.2, 0) is 6.54 Å². The van der Waals surface area contributed by atoms with Crippen LogP contribution in [0.3, 0.4) is 0 Å². The van der Waals surface area contributed by atoms with E-state index in [0.717, 1.165) is 16.7 Å². The van der Waals surface area contributed by atoms with Gasteiger partial charge in [-0.05, 0) is 31.0 Å². The Morgan fingerprint density at radius 1 is 1.38 bits per heavy atom. The minimum Gasteiger partial charge on any atom is -0.338 e. The quantitative estimate of drug-likeness (QED) is 0.872. The third kappa shape index (κ3) is 1.81. The predicted octanol–water partition coefficient (Wildman–Crippen LogP) is 2.47. The van der Waals surface area contributed by atoms with Gasteiger partial charge in [0.05, 0.1) is 11.6 Å². The van der Waals surface area contributed by atoms with Crippen LogP contribution in [0, 0.1) is 13.8 Å². The van der Waals surface area contributed by atoms with Crippen molar-refractivity contribution >= 4 is 11.6 Å². The molecule has 1 aromatic carbocycles. The fourth-order valence-corrected chi connectivity index (χ4v) is 1.79. The van der Waals surface area contributed by atoms with Crippen LogP contribution in [-0.4, -0.2) is 10.1 Å². The van der Waals surface area contributed by atoms with E-state index >= 15 is 0 Å². The molecule has 0 bridgehead atoms. The van der Waals surface area contributed by atoms with Crippen LogP contribution in [0.4, 0.5) is 0 Å². The fourth-order valence-electron chi connectivity index (χ4n) is 1.50. The third-order valence-electron chi connectivity index (χ3n) is 2.55. The van der Waals surface area contributed by atoms with Crippen LogP contribution in [0.5, 0.6) is 0 Å². The SMILES string of the molecule is Cc1ccc(Cl)c(-c2noc(CN)n2)c1C. The Balaban J connectivity index is 2.58. The molecular weight excluding hydrogens is 226 g/mol. The number of aromatic nitrogens is 2. The molecule has 5 heteroatoms. The van der Waals surface area contributed by atoms with Crippen molar-refractivity contribution in [1.29, 1.82) is 0 Å². The van der Waals surface area contributed by atoms with E-state index in [1.165, 1.54) is 0 Å². The number of nitrogens with zero attached hydrogens (tertiary/aromatic N) is 2. The summed E-state index contributed by atoms with van der Waals surface area (Å²) in [6.45, 7) is 4.23. The van der Waals surface area contributed by atoms with Crippen LogP contribution in [0.2, 0.25) is 5.02 Å². The second-order valence-corrected chi connectivity index (χ2v) is 3.99. The van der Waals surface area contributed by atoms with E-state index < -0.39 is 0 Å². The van der Waals surface area contributed by atoms with Gasteiger partial charge in [-0.15, -0.1) is 0 Å². The summed E-state index contributed by atoms with van der Waals surface area (Å²) in [6, 6.07) is 3.79. The number of aryl methyl sites for hydroxylation is 1.